The molecule has 3 aromatic rings. The van der Waals surface area contributed by atoms with Crippen molar-refractivity contribution >= 4 is 51.9 Å². The zero-order chi connectivity index (χ0) is 22.0. The SMILES string of the molecule is COC(=O)c1c(COC(=O)c2cccc([N+](=O)[O-])c2)nc2cc(Cl)c(Cl)cc2[n+]1[O-]. The van der Waals surface area contributed by atoms with E-state index in [4.69, 9.17) is 27.9 Å². The summed E-state index contributed by atoms with van der Waals surface area (Å²) in [6.07, 6.45) is 0. The van der Waals surface area contributed by atoms with E-state index in [2.05, 4.69) is 9.72 Å². The molecule has 0 aliphatic carbocycles. The zero-order valence-electron chi connectivity index (χ0n) is 15.1. The molecule has 0 unspecified atom stereocenters. The van der Waals surface area contributed by atoms with E-state index >= 15 is 0 Å². The number of non-ortho nitro benzene ring substituents is 1. The number of methoxy groups -OCH3 is 1. The van der Waals surface area contributed by atoms with E-state index in [9.17, 15) is 24.9 Å². The predicted molar refractivity (Wildman–Crippen MR) is 104 cm³/mol. The molecule has 0 amide bonds. The van der Waals surface area contributed by atoms with Crippen LogP contribution in [0.2, 0.25) is 10.0 Å². The van der Waals surface area contributed by atoms with E-state index in [0.29, 0.717) is 0 Å². The van der Waals surface area contributed by atoms with Gasteiger partial charge in [-0.05, 0) is 12.1 Å². The number of ether oxygens (including phenoxy) is 2. The first kappa shape index (κ1) is 21.2. The van der Waals surface area contributed by atoms with Crippen LogP contribution in [0, 0.1) is 15.3 Å². The summed E-state index contributed by atoms with van der Waals surface area (Å²) in [5.74, 6) is -1.92. The van der Waals surface area contributed by atoms with Crippen LogP contribution in [0.5, 0.6) is 0 Å². The Morgan fingerprint density at radius 1 is 1.17 bits per heavy atom. The molecule has 2 aromatic carbocycles. The molecule has 154 valence electrons. The van der Waals surface area contributed by atoms with E-state index in [-0.39, 0.29) is 42.8 Å². The van der Waals surface area contributed by atoms with E-state index in [1.165, 1.54) is 30.3 Å². The summed E-state index contributed by atoms with van der Waals surface area (Å²) in [5.41, 5.74) is -1.02. The summed E-state index contributed by atoms with van der Waals surface area (Å²) >= 11 is 11.9. The van der Waals surface area contributed by atoms with Gasteiger partial charge in [-0.2, -0.15) is 4.73 Å². The van der Waals surface area contributed by atoms with Gasteiger partial charge in [0.2, 0.25) is 5.52 Å². The highest BCUT2D eigenvalue weighted by molar-refractivity contribution is 6.42. The molecular weight excluding hydrogens is 441 g/mol. The molecule has 10 nitrogen and oxygen atoms in total. The molecule has 0 aliphatic heterocycles. The van der Waals surface area contributed by atoms with Crippen molar-refractivity contribution in [2.75, 3.05) is 7.11 Å². The third-order valence-electron chi connectivity index (χ3n) is 3.98. The Balaban J connectivity index is 1.99. The van der Waals surface area contributed by atoms with Gasteiger partial charge < -0.3 is 14.7 Å². The summed E-state index contributed by atoms with van der Waals surface area (Å²) in [6.45, 7) is -0.579. The van der Waals surface area contributed by atoms with Crippen molar-refractivity contribution in [3.05, 3.63) is 78.7 Å². The number of hydrogen-bond donors (Lipinski definition) is 0. The van der Waals surface area contributed by atoms with Crippen molar-refractivity contribution in [3.63, 3.8) is 0 Å². The second-order valence-electron chi connectivity index (χ2n) is 5.83. The molecule has 0 spiro atoms. The Hall–Kier alpha value is -3.50. The van der Waals surface area contributed by atoms with Crippen molar-refractivity contribution in [1.29, 1.82) is 0 Å². The van der Waals surface area contributed by atoms with E-state index in [1.807, 2.05) is 0 Å². The molecule has 1 heterocycles. The van der Waals surface area contributed by atoms with Gasteiger partial charge in [0, 0.05) is 18.2 Å². The molecule has 1 aromatic heterocycles. The lowest BCUT2D eigenvalue weighted by Crippen LogP contribution is -2.38. The first-order chi connectivity index (χ1) is 14.2. The lowest BCUT2D eigenvalue weighted by Gasteiger charge is -2.11. The van der Waals surface area contributed by atoms with Gasteiger partial charge in [0.15, 0.2) is 5.69 Å². The smallest absolute Gasteiger partial charge is 0.406 e. The van der Waals surface area contributed by atoms with Crippen LogP contribution in [0.1, 0.15) is 26.5 Å². The summed E-state index contributed by atoms with van der Waals surface area (Å²) in [7, 11) is 1.07. The molecule has 0 bridgehead atoms. The maximum absolute atomic E-state index is 12.7. The highest BCUT2D eigenvalue weighted by Gasteiger charge is 2.28. The second-order valence-corrected chi connectivity index (χ2v) is 6.65. The maximum Gasteiger partial charge on any atom is 0.406 e. The van der Waals surface area contributed by atoms with Crippen LogP contribution in [-0.4, -0.2) is 29.0 Å². The van der Waals surface area contributed by atoms with Gasteiger partial charge in [0.25, 0.3) is 5.69 Å². The number of rotatable bonds is 5. The van der Waals surface area contributed by atoms with Crippen LogP contribution in [0.25, 0.3) is 11.0 Å². The molecular formula is C18H11Cl2N3O7. The van der Waals surface area contributed by atoms with Crippen LogP contribution < -0.4 is 4.73 Å². The molecule has 0 N–H and O–H groups in total. The second kappa shape index (κ2) is 8.47. The third kappa shape index (κ3) is 4.09. The number of nitrogens with zero attached hydrogens (tertiary/aromatic N) is 3. The Morgan fingerprint density at radius 2 is 1.87 bits per heavy atom. The Labute approximate surface area is 178 Å². The quantitative estimate of drug-likeness (QED) is 0.189. The van der Waals surface area contributed by atoms with Gasteiger partial charge in [0.05, 0.1) is 27.6 Å². The predicted octanol–water partition coefficient (Wildman–Crippen LogP) is 3.23. The molecule has 12 heteroatoms. The number of carbonyl (C=O) groups excluding carboxylic acids is 2. The van der Waals surface area contributed by atoms with Crippen molar-refractivity contribution in [3.8, 4) is 0 Å². The zero-order valence-corrected chi connectivity index (χ0v) is 16.6. The average Bonchev–Trinajstić information content (AvgIpc) is 2.73. The fraction of sp³-hybridized carbons (Fsp3) is 0.111. The number of nitro benzene ring substituents is 1. The largest absolute Gasteiger partial charge is 0.618 e. The molecule has 0 saturated carbocycles. The summed E-state index contributed by atoms with van der Waals surface area (Å²) in [5, 5.41) is 23.8. The van der Waals surface area contributed by atoms with E-state index < -0.39 is 29.2 Å². The Morgan fingerprint density at radius 3 is 2.53 bits per heavy atom. The molecule has 0 saturated heterocycles. The van der Waals surface area contributed by atoms with Gasteiger partial charge >= 0.3 is 17.6 Å². The van der Waals surface area contributed by atoms with Gasteiger partial charge in [0.1, 0.15) is 12.1 Å². The van der Waals surface area contributed by atoms with Crippen molar-refractivity contribution in [2.45, 2.75) is 6.61 Å². The molecule has 0 fully saturated rings. The van der Waals surface area contributed by atoms with Crippen LogP contribution in [0.4, 0.5) is 5.69 Å². The lowest BCUT2D eigenvalue weighted by atomic mass is 10.2. The minimum atomic E-state index is -1.01. The summed E-state index contributed by atoms with van der Waals surface area (Å²) in [6, 6.07) is 7.45. The van der Waals surface area contributed by atoms with E-state index in [1.54, 1.807) is 0 Å². The van der Waals surface area contributed by atoms with Gasteiger partial charge in [-0.3, -0.25) is 10.1 Å². The average molecular weight is 452 g/mol. The summed E-state index contributed by atoms with van der Waals surface area (Å²) in [4.78, 5) is 38.8. The van der Waals surface area contributed by atoms with Crippen molar-refractivity contribution < 1.29 is 28.7 Å². The van der Waals surface area contributed by atoms with Crippen molar-refractivity contribution in [2.24, 2.45) is 0 Å². The third-order valence-corrected chi connectivity index (χ3v) is 4.70. The highest BCUT2D eigenvalue weighted by atomic mass is 35.5. The number of aromatic nitrogens is 2. The Bertz CT molecular complexity index is 1200. The standard InChI is InChI=1S/C18H11Cl2N3O7/c1-29-18(25)16-14(21-13-6-11(19)12(20)7-15(13)22(16)26)8-30-17(24)9-3-2-4-10(5-9)23(27)28/h2-7H,8H2,1H3. The van der Waals surface area contributed by atoms with Crippen LogP contribution in [0.15, 0.2) is 36.4 Å². The molecule has 0 radical (unpaired) electrons. The minimum Gasteiger partial charge on any atom is -0.618 e. The van der Waals surface area contributed by atoms with Gasteiger partial charge in [-0.1, -0.05) is 29.3 Å². The number of carbonyl (C=O) groups is 2. The molecule has 0 aliphatic rings. The fourth-order valence-electron chi connectivity index (χ4n) is 2.58. The monoisotopic (exact) mass is 451 g/mol. The van der Waals surface area contributed by atoms with Gasteiger partial charge in [-0.25, -0.2) is 14.6 Å². The Kier molecular flexibility index (Phi) is 5.99. The van der Waals surface area contributed by atoms with Crippen molar-refractivity contribution in [1.82, 2.24) is 4.98 Å². The molecule has 30 heavy (non-hydrogen) atoms. The first-order valence-electron chi connectivity index (χ1n) is 8.14. The van der Waals surface area contributed by atoms with Gasteiger partial charge in [-0.15, -0.1) is 0 Å². The topological polar surface area (TPSA) is 136 Å². The van der Waals surface area contributed by atoms with Crippen LogP contribution in [-0.2, 0) is 16.1 Å². The van der Waals surface area contributed by atoms with Crippen LogP contribution in [0.3, 0.4) is 0 Å². The lowest BCUT2D eigenvalue weighted by molar-refractivity contribution is -0.581. The molecule has 0 atom stereocenters. The van der Waals surface area contributed by atoms with Crippen LogP contribution >= 0.6 is 23.2 Å². The first-order valence-corrected chi connectivity index (χ1v) is 8.89. The number of benzene rings is 2. The number of nitro groups is 1. The maximum atomic E-state index is 12.7. The summed E-state index contributed by atoms with van der Waals surface area (Å²) < 4.78 is 9.98. The number of esters is 2. The number of halogens is 2. The highest BCUT2D eigenvalue weighted by Crippen LogP contribution is 2.26. The minimum absolute atomic E-state index is 0.0430. The fourth-order valence-corrected chi connectivity index (χ4v) is 2.89. The number of hydrogen-bond acceptors (Lipinski definition) is 8. The molecule has 3 rings (SSSR count). The normalized spacial score (nSPS) is 10.6. The van der Waals surface area contributed by atoms with E-state index in [0.717, 1.165) is 13.2 Å². The number of fused-ring (bicyclic) bond motifs is 1.